The third-order valence-corrected chi connectivity index (χ3v) is 5.89. The van der Waals surface area contributed by atoms with Gasteiger partial charge in [0.1, 0.15) is 17.2 Å². The Labute approximate surface area is 185 Å². The number of urea groups is 1. The topological polar surface area (TPSA) is 84.4 Å². The molecule has 0 aliphatic carbocycles. The maximum Gasteiger partial charge on any atom is 0.361 e. The highest BCUT2D eigenvalue weighted by atomic mass is 35.5. The minimum Gasteiger partial charge on any atom is -0.588 e. The molecule has 1 atom stereocenters. The monoisotopic (exact) mass is 454 g/mol. The molecule has 0 aromatic heterocycles. The predicted octanol–water partition coefficient (Wildman–Crippen LogP) is 5.80. The Morgan fingerprint density at radius 1 is 1.17 bits per heavy atom. The predicted molar refractivity (Wildman–Crippen MR) is 120 cm³/mol. The molecule has 164 valence electrons. The average molecular weight is 455 g/mol. The van der Waals surface area contributed by atoms with E-state index in [0.29, 0.717) is 16.8 Å². The van der Waals surface area contributed by atoms with Gasteiger partial charge in [0.05, 0.1) is 11.3 Å². The molecular formula is C22H28ClFN2O3S. The van der Waals surface area contributed by atoms with Crippen LogP contribution in [0.2, 0.25) is 5.02 Å². The van der Waals surface area contributed by atoms with Gasteiger partial charge < -0.3 is 15.0 Å². The smallest absolute Gasteiger partial charge is 0.361 e. The number of halogens is 2. The van der Waals surface area contributed by atoms with Crippen LogP contribution >= 0.6 is 11.6 Å². The summed E-state index contributed by atoms with van der Waals surface area (Å²) in [7, 11) is 0. The highest BCUT2D eigenvalue weighted by Crippen LogP contribution is 2.34. The zero-order valence-electron chi connectivity index (χ0n) is 18.0. The maximum absolute atomic E-state index is 14.5. The quantitative estimate of drug-likeness (QED) is 0.482. The van der Waals surface area contributed by atoms with E-state index >= 15 is 0 Å². The Kier molecular flexibility index (Phi) is 7.80. The summed E-state index contributed by atoms with van der Waals surface area (Å²) in [6.07, 6.45) is 0. The lowest BCUT2D eigenvalue weighted by Crippen LogP contribution is -2.35. The first-order chi connectivity index (χ1) is 13.8. The summed E-state index contributed by atoms with van der Waals surface area (Å²) >= 11 is 4.15. The largest absolute Gasteiger partial charge is 0.588 e. The summed E-state index contributed by atoms with van der Waals surface area (Å²) in [6, 6.07) is 6.85. The summed E-state index contributed by atoms with van der Waals surface area (Å²) in [5, 5.41) is 13.2. The van der Waals surface area contributed by atoms with Crippen molar-refractivity contribution in [3.63, 3.8) is 0 Å². The van der Waals surface area contributed by atoms with Gasteiger partial charge in [-0.25, -0.2) is 9.18 Å². The van der Waals surface area contributed by atoms with Crippen LogP contribution in [-0.4, -0.2) is 15.7 Å². The molecule has 0 radical (unpaired) electrons. The van der Waals surface area contributed by atoms with Crippen LogP contribution in [0, 0.1) is 5.82 Å². The lowest BCUT2D eigenvalue weighted by molar-refractivity contribution is 0.0784. The van der Waals surface area contributed by atoms with E-state index in [-0.39, 0.29) is 21.8 Å². The van der Waals surface area contributed by atoms with Crippen LogP contribution in [0.25, 0.3) is 0 Å². The molecule has 2 aromatic rings. The first-order valence-corrected chi connectivity index (χ1v) is 11.2. The highest BCUT2D eigenvalue weighted by Gasteiger charge is 2.25. The van der Waals surface area contributed by atoms with Crippen molar-refractivity contribution < 1.29 is 18.8 Å². The first kappa shape index (κ1) is 24.5. The molecule has 0 heterocycles. The Morgan fingerprint density at radius 2 is 1.80 bits per heavy atom. The van der Waals surface area contributed by atoms with Crippen LogP contribution in [0.4, 0.5) is 14.9 Å². The second kappa shape index (κ2) is 9.56. The van der Waals surface area contributed by atoms with E-state index in [0.717, 1.165) is 5.56 Å². The number of carbonyl (C=O) groups excluding carboxylic acids is 1. The normalized spacial score (nSPS) is 12.9. The standard InChI is InChI=1S/C22H28ClFN2O3S/c1-12(2)17-7-8-18(24)19(13(3)4)20(17)25-21(27)26-30(29)16-10-14(22(5,6)28)9-15(23)11-16/h7-13,28H,1-6H3,(H2,25,26,27). The van der Waals surface area contributed by atoms with E-state index in [1.165, 1.54) is 18.2 Å². The number of anilines is 1. The fraction of sp³-hybridized carbons (Fsp3) is 0.409. The van der Waals surface area contributed by atoms with Crippen molar-refractivity contribution in [2.45, 2.75) is 63.9 Å². The average Bonchev–Trinajstić information content (AvgIpc) is 2.59. The van der Waals surface area contributed by atoms with E-state index in [2.05, 4.69) is 10.0 Å². The zero-order chi connectivity index (χ0) is 22.8. The number of rotatable bonds is 6. The van der Waals surface area contributed by atoms with Crippen molar-refractivity contribution in [3.05, 3.63) is 57.9 Å². The fourth-order valence-corrected chi connectivity index (χ4v) is 4.21. The van der Waals surface area contributed by atoms with Crippen molar-refractivity contribution in [1.29, 1.82) is 0 Å². The number of carbonyl (C=O) groups is 1. The van der Waals surface area contributed by atoms with Crippen LogP contribution in [0.3, 0.4) is 0 Å². The van der Waals surface area contributed by atoms with Gasteiger partial charge in [-0.15, -0.1) is 4.72 Å². The van der Waals surface area contributed by atoms with Crippen molar-refractivity contribution in [1.82, 2.24) is 4.72 Å². The third-order valence-electron chi connectivity index (χ3n) is 4.64. The third kappa shape index (κ3) is 5.88. The molecule has 0 fully saturated rings. The van der Waals surface area contributed by atoms with E-state index in [4.69, 9.17) is 11.6 Å². The van der Waals surface area contributed by atoms with Crippen molar-refractivity contribution in [2.24, 2.45) is 0 Å². The number of hydrogen-bond acceptors (Lipinski definition) is 3. The first-order valence-electron chi connectivity index (χ1n) is 9.66. The Bertz CT molecular complexity index is 929. The van der Waals surface area contributed by atoms with E-state index in [9.17, 15) is 18.8 Å². The molecule has 0 saturated heterocycles. The number of benzene rings is 2. The van der Waals surface area contributed by atoms with E-state index in [1.807, 2.05) is 27.7 Å². The molecule has 0 aliphatic heterocycles. The van der Waals surface area contributed by atoms with Crippen molar-refractivity contribution >= 4 is 34.7 Å². The molecule has 2 amide bonds. The van der Waals surface area contributed by atoms with Gasteiger partial charge in [0.15, 0.2) is 4.90 Å². The molecule has 30 heavy (non-hydrogen) atoms. The van der Waals surface area contributed by atoms with Crippen LogP contribution in [0.5, 0.6) is 0 Å². The summed E-state index contributed by atoms with van der Waals surface area (Å²) in [5.41, 5.74) is 0.849. The van der Waals surface area contributed by atoms with E-state index < -0.39 is 28.8 Å². The maximum atomic E-state index is 14.5. The molecule has 0 spiro atoms. The summed E-state index contributed by atoms with van der Waals surface area (Å²) in [5.74, 6) is -0.520. The van der Waals surface area contributed by atoms with Gasteiger partial charge in [0.25, 0.3) is 0 Å². The van der Waals surface area contributed by atoms with Gasteiger partial charge in [-0.05, 0) is 48.9 Å². The lowest BCUT2D eigenvalue weighted by atomic mass is 9.92. The number of nitrogens with one attached hydrogen (secondary N) is 2. The summed E-state index contributed by atoms with van der Waals surface area (Å²) < 4.78 is 29.5. The lowest BCUT2D eigenvalue weighted by Gasteiger charge is -2.22. The second-order valence-corrected chi connectivity index (χ2v) is 9.94. The molecule has 0 aliphatic rings. The minimum absolute atomic E-state index is 0.0474. The second-order valence-electron chi connectivity index (χ2n) is 8.29. The molecule has 1 unspecified atom stereocenters. The van der Waals surface area contributed by atoms with Gasteiger partial charge >= 0.3 is 6.03 Å². The Morgan fingerprint density at radius 3 is 2.33 bits per heavy atom. The van der Waals surface area contributed by atoms with Crippen molar-refractivity contribution in [3.8, 4) is 0 Å². The van der Waals surface area contributed by atoms with Crippen LogP contribution in [-0.2, 0) is 17.0 Å². The SMILES string of the molecule is CC(C)c1ccc(F)c(C(C)C)c1NC(=O)N[S+]([O-])c1cc(Cl)cc(C(C)(C)O)c1. The van der Waals surface area contributed by atoms with Gasteiger partial charge in [0.2, 0.25) is 0 Å². The number of aliphatic hydroxyl groups is 1. The molecule has 0 saturated carbocycles. The van der Waals surface area contributed by atoms with Gasteiger partial charge in [0, 0.05) is 22.7 Å². The van der Waals surface area contributed by atoms with Crippen molar-refractivity contribution in [2.75, 3.05) is 5.32 Å². The van der Waals surface area contributed by atoms with Crippen LogP contribution < -0.4 is 10.0 Å². The van der Waals surface area contributed by atoms with Gasteiger partial charge in [-0.1, -0.05) is 45.4 Å². The molecule has 2 rings (SSSR count). The summed E-state index contributed by atoms with van der Waals surface area (Å²) in [4.78, 5) is 12.8. The van der Waals surface area contributed by atoms with Gasteiger partial charge in [-0.3, -0.25) is 0 Å². The number of amides is 2. The molecule has 2 aromatic carbocycles. The van der Waals surface area contributed by atoms with Crippen LogP contribution in [0.15, 0.2) is 35.2 Å². The Hall–Kier alpha value is -1.80. The zero-order valence-corrected chi connectivity index (χ0v) is 19.5. The molecule has 0 bridgehead atoms. The van der Waals surface area contributed by atoms with Gasteiger partial charge in [-0.2, -0.15) is 0 Å². The molecular weight excluding hydrogens is 427 g/mol. The molecule has 8 heteroatoms. The Balaban J connectivity index is 2.31. The van der Waals surface area contributed by atoms with Crippen LogP contribution in [0.1, 0.15) is 70.1 Å². The minimum atomic E-state index is -1.93. The molecule has 5 nitrogen and oxygen atoms in total. The number of hydrogen-bond donors (Lipinski definition) is 3. The van der Waals surface area contributed by atoms with E-state index in [1.54, 1.807) is 26.0 Å². The fourth-order valence-electron chi connectivity index (χ4n) is 3.10. The molecule has 3 N–H and O–H groups in total. The summed E-state index contributed by atoms with van der Waals surface area (Å²) in [6.45, 7) is 10.7. The highest BCUT2D eigenvalue weighted by molar-refractivity contribution is 7.90.